The van der Waals surface area contributed by atoms with Crippen molar-refractivity contribution in [2.45, 2.75) is 0 Å². The fraction of sp³-hybridized carbons (Fsp3) is 0. The summed E-state index contributed by atoms with van der Waals surface area (Å²) < 4.78 is 0. The van der Waals surface area contributed by atoms with E-state index in [2.05, 4.69) is 23.3 Å². The molecule has 0 heterocycles. The van der Waals surface area contributed by atoms with Gasteiger partial charge >= 0.3 is 0 Å². The van der Waals surface area contributed by atoms with Gasteiger partial charge in [0.05, 0.1) is 0 Å². The molecule has 56 valence electrons. The van der Waals surface area contributed by atoms with Crippen molar-refractivity contribution in [3.05, 3.63) is 0 Å². The van der Waals surface area contributed by atoms with Crippen molar-refractivity contribution < 1.29 is 0 Å². The minimum atomic E-state index is -1.75. The third-order valence-corrected chi connectivity index (χ3v) is 13.9. The Kier molecular flexibility index (Phi) is 5.21. The monoisotopic (exact) mass is 290 g/mol. The van der Waals surface area contributed by atoms with E-state index < -0.39 is 10.4 Å². The summed E-state index contributed by atoms with van der Waals surface area (Å²) in [4.78, 5) is 0. The van der Waals surface area contributed by atoms with E-state index in [0.717, 1.165) is 0 Å². The Morgan fingerprint density at radius 2 is 1.11 bits per heavy atom. The van der Waals surface area contributed by atoms with Crippen LogP contribution in [0.25, 0.3) is 0 Å². The van der Waals surface area contributed by atoms with Gasteiger partial charge in [0.15, 0.2) is 0 Å². The summed E-state index contributed by atoms with van der Waals surface area (Å²) in [5.41, 5.74) is 0. The fourth-order valence-corrected chi connectivity index (χ4v) is 26.4. The summed E-state index contributed by atoms with van der Waals surface area (Å²) in [7, 11) is 1.17. The predicted molar refractivity (Wildman–Crippen MR) is 69.8 cm³/mol. The highest BCUT2D eigenvalue weighted by molar-refractivity contribution is 9.46. The highest BCUT2D eigenvalue weighted by atomic mass is 34.1. The van der Waals surface area contributed by atoms with Gasteiger partial charge in [-0.25, -0.2) is 0 Å². The molecule has 0 saturated carbocycles. The van der Waals surface area contributed by atoms with Crippen LogP contribution >= 0.6 is 33.1 Å². The van der Waals surface area contributed by atoms with Gasteiger partial charge in [-0.3, -0.25) is 0 Å². The maximum absolute atomic E-state index is 4.80. The zero-order valence-electron chi connectivity index (χ0n) is 3.75. The van der Waals surface area contributed by atoms with Gasteiger partial charge in [-0.05, 0) is 44.8 Å². The first-order valence-corrected chi connectivity index (χ1v) is 12.3. The van der Waals surface area contributed by atoms with Crippen LogP contribution in [0.5, 0.6) is 0 Å². The van der Waals surface area contributed by atoms with E-state index >= 15 is 0 Å². The van der Waals surface area contributed by atoms with Crippen LogP contribution in [0.2, 0.25) is 0 Å². The van der Waals surface area contributed by atoms with E-state index in [-0.39, 0.29) is 0 Å². The lowest BCUT2D eigenvalue weighted by molar-refractivity contribution is 5.45. The van der Waals surface area contributed by atoms with Crippen LogP contribution in [0, 0.1) is 0 Å². The molecule has 0 atom stereocenters. The van der Waals surface area contributed by atoms with E-state index in [4.69, 9.17) is 44.8 Å². The Bertz CT molecular complexity index is 225. The third kappa shape index (κ3) is 10.6. The van der Waals surface area contributed by atoms with Gasteiger partial charge in [0, 0.05) is 20.2 Å². The highest BCUT2D eigenvalue weighted by Crippen LogP contribution is 2.28. The average Bonchev–Trinajstić information content (AvgIpc) is 1.14. The molecule has 0 N–H and O–H groups in total. The van der Waals surface area contributed by atoms with Crippen molar-refractivity contribution in [2.24, 2.45) is 0 Å². The number of hydrogen-bond donors (Lipinski definition) is 2. The van der Waals surface area contributed by atoms with Gasteiger partial charge in [0.1, 0.15) is 0 Å². The fourth-order valence-electron chi connectivity index (χ4n) is 0.109. The van der Waals surface area contributed by atoms with Gasteiger partial charge in [-0.1, -0.05) is 23.3 Å². The van der Waals surface area contributed by atoms with Gasteiger partial charge in [-0.15, -0.1) is 0 Å². The Hall–Kier alpha value is 2.63. The first-order valence-electron chi connectivity index (χ1n) is 1.37. The van der Waals surface area contributed by atoms with Crippen LogP contribution in [0.3, 0.4) is 0 Å². The second kappa shape index (κ2) is 4.04. The zero-order chi connectivity index (χ0) is 7.71. The third-order valence-electron chi connectivity index (χ3n) is 0.172. The molecule has 0 unspecified atom stereocenters. The van der Waals surface area contributed by atoms with Crippen LogP contribution in [-0.2, 0) is 55.2 Å². The normalized spacial score (nSPS) is 13.6. The second-order valence-corrected chi connectivity index (χ2v) is 24.9. The van der Waals surface area contributed by atoms with E-state index in [9.17, 15) is 0 Å². The first-order chi connectivity index (χ1) is 3.71. The molecule has 0 spiro atoms. The van der Waals surface area contributed by atoms with Crippen molar-refractivity contribution in [1.82, 2.24) is 0 Å². The molecule has 0 radical (unpaired) electrons. The quantitative estimate of drug-likeness (QED) is 0.581. The summed E-state index contributed by atoms with van der Waals surface area (Å²) >= 11 is 27.1. The molecule has 0 fully saturated rings. The van der Waals surface area contributed by atoms with Crippen LogP contribution in [-0.4, -0.2) is 0 Å². The summed E-state index contributed by atoms with van der Waals surface area (Å²) in [6.07, 6.45) is 0. The maximum Gasteiger partial charge on any atom is 0.0195 e. The van der Waals surface area contributed by atoms with E-state index in [1.54, 1.807) is 0 Å². The minimum Gasteiger partial charge on any atom is -0.0921 e. The van der Waals surface area contributed by atoms with E-state index in [0.29, 0.717) is 0 Å². The van der Waals surface area contributed by atoms with Crippen LogP contribution in [0.4, 0.5) is 0 Å². The van der Waals surface area contributed by atoms with Crippen molar-refractivity contribution in [3.63, 3.8) is 0 Å². The molecule has 0 amide bonds. The molecule has 0 aliphatic carbocycles. The van der Waals surface area contributed by atoms with Crippen molar-refractivity contribution in [2.75, 3.05) is 0 Å². The Labute approximate surface area is 87.0 Å². The second-order valence-electron chi connectivity index (χ2n) is 0.924. The molecule has 0 aromatic carbocycles. The molecular formula is H2S9. The minimum absolute atomic E-state index is 1.17. The Morgan fingerprint density at radius 3 is 1.11 bits per heavy atom. The molecule has 0 aliphatic rings. The summed E-state index contributed by atoms with van der Waals surface area (Å²) in [6, 6.07) is 0. The van der Waals surface area contributed by atoms with Crippen molar-refractivity contribution in [1.29, 1.82) is 0 Å². The van der Waals surface area contributed by atoms with Crippen molar-refractivity contribution >= 4 is 88.3 Å². The summed E-state index contributed by atoms with van der Waals surface area (Å²) in [5, 5.41) is -3.50. The van der Waals surface area contributed by atoms with Crippen LogP contribution in [0.1, 0.15) is 0 Å². The molecule has 0 nitrogen and oxygen atoms in total. The molecule has 0 aromatic rings. The van der Waals surface area contributed by atoms with Gasteiger partial charge in [0.25, 0.3) is 0 Å². The van der Waals surface area contributed by atoms with Gasteiger partial charge in [-0.2, -0.15) is 0 Å². The zero-order valence-corrected chi connectivity index (χ0v) is 11.3. The molecule has 0 bridgehead atoms. The molecule has 0 aliphatic heterocycles. The van der Waals surface area contributed by atoms with Gasteiger partial charge < -0.3 is 0 Å². The average molecular weight is 291 g/mol. The molecule has 0 rings (SSSR count). The Morgan fingerprint density at radius 1 is 0.889 bits per heavy atom. The lowest BCUT2D eigenvalue weighted by Gasteiger charge is -2.00. The topological polar surface area (TPSA) is 0 Å². The molecular weight excluding hydrogens is 289 g/mol. The number of hydrogen-bond acceptors (Lipinski definition) is 5. The van der Waals surface area contributed by atoms with E-state index in [1.807, 2.05) is 0 Å². The molecule has 9 heavy (non-hydrogen) atoms. The summed E-state index contributed by atoms with van der Waals surface area (Å²) in [6.45, 7) is 0. The van der Waals surface area contributed by atoms with Gasteiger partial charge in [0.2, 0.25) is 0 Å². The lowest BCUT2D eigenvalue weighted by Crippen LogP contribution is -1.79. The lowest BCUT2D eigenvalue weighted by atomic mass is 30.1. The smallest absolute Gasteiger partial charge is 0.0195 e. The van der Waals surface area contributed by atoms with E-state index in [1.165, 1.54) is 9.83 Å². The molecule has 0 saturated heterocycles. The van der Waals surface area contributed by atoms with Crippen LogP contribution < -0.4 is 0 Å². The summed E-state index contributed by atoms with van der Waals surface area (Å²) in [5.74, 6) is 0. The number of thiol groups is 2. The number of rotatable bonds is 2. The molecule has 0 aromatic heterocycles. The Balaban J connectivity index is 4.46. The first kappa shape index (κ1) is 11.6. The van der Waals surface area contributed by atoms with Crippen LogP contribution in [0.15, 0.2) is 0 Å². The maximum atomic E-state index is 4.80. The molecule has 9 heteroatoms. The predicted octanol–water partition coefficient (Wildman–Crippen LogP) is 1.39. The largest absolute Gasteiger partial charge is 0.0921 e. The van der Waals surface area contributed by atoms with Crippen molar-refractivity contribution in [3.8, 4) is 0 Å². The standard InChI is InChI=1S/H2S9/c1-8(2,3)7-9(4,5)6/h(H,1,2,3)(H,4,5,6). The SMILES string of the molecule is S=S(=S)(S)SS(=S)(=S)S. The highest BCUT2D eigenvalue weighted by Gasteiger charge is 2.00.